The Labute approximate surface area is 154 Å². The number of carbonyl (C=O) groups is 2. The van der Waals surface area contributed by atoms with E-state index in [1.54, 1.807) is 32.4 Å². The summed E-state index contributed by atoms with van der Waals surface area (Å²) in [4.78, 5) is 25.4. The summed E-state index contributed by atoms with van der Waals surface area (Å²) in [6.45, 7) is 4.79. The number of methoxy groups -OCH3 is 2. The molecule has 1 aliphatic heterocycles. The standard InChI is InChI=1S/C19H28N2O5/c1-4-26-19(23)14-7-10-21(11-8-14)12-9-18(22)20-16-6-5-15(24-2)13-17(16)25-3/h5-6,13-14H,4,7-12H2,1-3H3,(H,20,22)/p+1. The topological polar surface area (TPSA) is 78.3 Å². The van der Waals surface area contributed by atoms with Gasteiger partial charge in [0.25, 0.3) is 0 Å². The highest BCUT2D eigenvalue weighted by molar-refractivity contribution is 5.92. The maximum Gasteiger partial charge on any atom is 0.309 e. The molecular weight excluding hydrogens is 336 g/mol. The zero-order chi connectivity index (χ0) is 18.9. The highest BCUT2D eigenvalue weighted by Gasteiger charge is 2.28. The molecule has 0 atom stereocenters. The predicted molar refractivity (Wildman–Crippen MR) is 97.7 cm³/mol. The molecule has 0 spiro atoms. The molecule has 1 aliphatic rings. The zero-order valence-corrected chi connectivity index (χ0v) is 15.8. The van der Waals surface area contributed by atoms with Crippen LogP contribution in [0.2, 0.25) is 0 Å². The third-order valence-electron chi connectivity index (χ3n) is 4.70. The Morgan fingerprint density at radius 2 is 1.92 bits per heavy atom. The van der Waals surface area contributed by atoms with Gasteiger partial charge in [0.15, 0.2) is 0 Å². The minimum absolute atomic E-state index is 0.0103. The number of hydrogen-bond acceptors (Lipinski definition) is 5. The zero-order valence-electron chi connectivity index (χ0n) is 15.8. The molecule has 1 heterocycles. The average Bonchev–Trinajstić information content (AvgIpc) is 2.67. The third-order valence-corrected chi connectivity index (χ3v) is 4.70. The number of likely N-dealkylation sites (tertiary alicyclic amines) is 1. The van der Waals surface area contributed by atoms with E-state index in [0.29, 0.717) is 30.2 Å². The molecular formula is C19H29N2O5+. The smallest absolute Gasteiger partial charge is 0.309 e. The van der Waals surface area contributed by atoms with Crippen LogP contribution in [0.1, 0.15) is 26.2 Å². The number of amides is 1. The number of benzene rings is 1. The Morgan fingerprint density at radius 3 is 2.54 bits per heavy atom. The lowest BCUT2D eigenvalue weighted by molar-refractivity contribution is -0.905. The third kappa shape index (κ3) is 5.62. The lowest BCUT2D eigenvalue weighted by Crippen LogP contribution is -3.13. The molecule has 0 radical (unpaired) electrons. The van der Waals surface area contributed by atoms with Crippen LogP contribution in [0.25, 0.3) is 0 Å². The number of piperidine rings is 1. The van der Waals surface area contributed by atoms with E-state index in [2.05, 4.69) is 5.32 Å². The van der Waals surface area contributed by atoms with Gasteiger partial charge in [0.1, 0.15) is 11.5 Å². The van der Waals surface area contributed by atoms with E-state index in [1.165, 1.54) is 4.90 Å². The van der Waals surface area contributed by atoms with Gasteiger partial charge in [0.05, 0.1) is 58.5 Å². The van der Waals surface area contributed by atoms with Crippen LogP contribution >= 0.6 is 0 Å². The molecule has 0 aromatic heterocycles. The molecule has 0 unspecified atom stereocenters. The minimum atomic E-state index is -0.0871. The van der Waals surface area contributed by atoms with E-state index < -0.39 is 0 Å². The predicted octanol–water partition coefficient (Wildman–Crippen LogP) is 0.890. The van der Waals surface area contributed by atoms with Crippen molar-refractivity contribution in [3.63, 3.8) is 0 Å². The quantitative estimate of drug-likeness (QED) is 0.669. The summed E-state index contributed by atoms with van der Waals surface area (Å²) in [6, 6.07) is 5.29. The van der Waals surface area contributed by atoms with Crippen LogP contribution < -0.4 is 19.7 Å². The number of esters is 1. The first-order valence-corrected chi connectivity index (χ1v) is 9.09. The fourth-order valence-electron chi connectivity index (χ4n) is 3.18. The van der Waals surface area contributed by atoms with E-state index >= 15 is 0 Å². The van der Waals surface area contributed by atoms with Gasteiger partial charge >= 0.3 is 5.97 Å². The number of ether oxygens (including phenoxy) is 3. The first-order valence-electron chi connectivity index (χ1n) is 9.09. The van der Waals surface area contributed by atoms with Crippen LogP contribution in [0.4, 0.5) is 5.69 Å². The van der Waals surface area contributed by atoms with Crippen molar-refractivity contribution < 1.29 is 28.7 Å². The Balaban J connectivity index is 1.77. The number of nitrogens with one attached hydrogen (secondary N) is 2. The second kappa shape index (κ2) is 10.0. The van der Waals surface area contributed by atoms with Crippen molar-refractivity contribution in [1.29, 1.82) is 0 Å². The van der Waals surface area contributed by atoms with Crippen molar-refractivity contribution in [2.75, 3.05) is 45.8 Å². The molecule has 1 amide bonds. The van der Waals surface area contributed by atoms with Crippen molar-refractivity contribution in [1.82, 2.24) is 0 Å². The highest BCUT2D eigenvalue weighted by Crippen LogP contribution is 2.29. The van der Waals surface area contributed by atoms with Gasteiger partial charge in [0, 0.05) is 18.9 Å². The number of carbonyl (C=O) groups excluding carboxylic acids is 2. The molecule has 0 saturated carbocycles. The lowest BCUT2D eigenvalue weighted by Gasteiger charge is -2.27. The summed E-state index contributed by atoms with van der Waals surface area (Å²) in [7, 11) is 3.14. The molecule has 2 rings (SSSR count). The highest BCUT2D eigenvalue weighted by atomic mass is 16.5. The molecule has 2 N–H and O–H groups in total. The van der Waals surface area contributed by atoms with Gasteiger partial charge in [-0.25, -0.2) is 0 Å². The van der Waals surface area contributed by atoms with E-state index in [1.807, 2.05) is 6.92 Å². The van der Waals surface area contributed by atoms with Gasteiger partial charge in [-0.05, 0) is 19.1 Å². The Hall–Kier alpha value is -2.28. The van der Waals surface area contributed by atoms with Crippen molar-refractivity contribution in [2.24, 2.45) is 5.92 Å². The normalized spacial score (nSPS) is 19.5. The van der Waals surface area contributed by atoms with Crippen LogP contribution in [0.3, 0.4) is 0 Å². The maximum absolute atomic E-state index is 12.3. The molecule has 0 bridgehead atoms. The second-order valence-electron chi connectivity index (χ2n) is 6.39. The fraction of sp³-hybridized carbons (Fsp3) is 0.579. The number of anilines is 1. The van der Waals surface area contributed by atoms with Crippen molar-refractivity contribution >= 4 is 17.6 Å². The number of rotatable bonds is 8. The number of quaternary nitrogens is 1. The van der Waals surface area contributed by atoms with Crippen LogP contribution in [0.15, 0.2) is 18.2 Å². The summed E-state index contributed by atoms with van der Waals surface area (Å²) in [5, 5.41) is 2.89. The van der Waals surface area contributed by atoms with Gasteiger partial charge in [-0.2, -0.15) is 0 Å². The maximum atomic E-state index is 12.3. The largest absolute Gasteiger partial charge is 0.497 e. The van der Waals surface area contributed by atoms with Gasteiger partial charge in [-0.15, -0.1) is 0 Å². The van der Waals surface area contributed by atoms with Gasteiger partial charge in [-0.3, -0.25) is 9.59 Å². The van der Waals surface area contributed by atoms with Gasteiger partial charge < -0.3 is 24.4 Å². The van der Waals surface area contributed by atoms with Crippen molar-refractivity contribution in [3.05, 3.63) is 18.2 Å². The van der Waals surface area contributed by atoms with E-state index in [0.717, 1.165) is 32.5 Å². The molecule has 7 heteroatoms. The Kier molecular flexibility index (Phi) is 7.72. The summed E-state index contributed by atoms with van der Waals surface area (Å²) >= 11 is 0. The first kappa shape index (κ1) is 20.0. The monoisotopic (exact) mass is 365 g/mol. The summed E-state index contributed by atoms with van der Waals surface area (Å²) in [5.41, 5.74) is 0.634. The fourth-order valence-corrected chi connectivity index (χ4v) is 3.18. The van der Waals surface area contributed by atoms with E-state index in [9.17, 15) is 9.59 Å². The average molecular weight is 365 g/mol. The summed E-state index contributed by atoms with van der Waals surface area (Å²) in [5.74, 6) is 1.12. The van der Waals surface area contributed by atoms with Gasteiger partial charge in [-0.1, -0.05) is 0 Å². The summed E-state index contributed by atoms with van der Waals surface area (Å²) in [6.07, 6.45) is 2.07. The number of hydrogen-bond donors (Lipinski definition) is 2. The Bertz CT molecular complexity index is 612. The summed E-state index contributed by atoms with van der Waals surface area (Å²) < 4.78 is 15.5. The van der Waals surface area contributed by atoms with Crippen LogP contribution in [-0.2, 0) is 14.3 Å². The van der Waals surface area contributed by atoms with Gasteiger partial charge in [0.2, 0.25) is 5.91 Å². The minimum Gasteiger partial charge on any atom is -0.497 e. The van der Waals surface area contributed by atoms with E-state index in [-0.39, 0.29) is 17.8 Å². The van der Waals surface area contributed by atoms with Crippen LogP contribution in [0.5, 0.6) is 11.5 Å². The van der Waals surface area contributed by atoms with Crippen molar-refractivity contribution in [2.45, 2.75) is 26.2 Å². The molecule has 1 aromatic rings. The molecule has 26 heavy (non-hydrogen) atoms. The molecule has 1 aromatic carbocycles. The molecule has 1 saturated heterocycles. The molecule has 0 aliphatic carbocycles. The molecule has 1 fully saturated rings. The molecule has 144 valence electrons. The lowest BCUT2D eigenvalue weighted by atomic mass is 9.97. The molecule has 7 nitrogen and oxygen atoms in total. The second-order valence-corrected chi connectivity index (χ2v) is 6.39. The van der Waals surface area contributed by atoms with E-state index in [4.69, 9.17) is 14.2 Å². The SMILES string of the molecule is CCOC(=O)C1CC[NH+](CCC(=O)Nc2ccc(OC)cc2OC)CC1. The Morgan fingerprint density at radius 1 is 1.19 bits per heavy atom. The van der Waals surface area contributed by atoms with Crippen molar-refractivity contribution in [3.8, 4) is 11.5 Å². The first-order chi connectivity index (χ1) is 12.6. The van der Waals surface area contributed by atoms with Crippen LogP contribution in [-0.4, -0.2) is 52.3 Å². The van der Waals surface area contributed by atoms with Crippen LogP contribution in [0, 0.1) is 5.92 Å².